The average molecular weight is 447 g/mol. The molecular weight excluding hydrogens is 425 g/mol. The molecule has 1 N–H and O–H groups in total. The zero-order valence-electron chi connectivity index (χ0n) is 14.6. The van der Waals surface area contributed by atoms with Crippen LogP contribution >= 0.6 is 22.6 Å². The van der Waals surface area contributed by atoms with Gasteiger partial charge in [-0.3, -0.25) is 4.79 Å². The van der Waals surface area contributed by atoms with Gasteiger partial charge in [0.25, 0.3) is 5.91 Å². The minimum atomic E-state index is -0.0597. The number of rotatable bonds is 6. The highest BCUT2D eigenvalue weighted by Crippen LogP contribution is 2.25. The Morgan fingerprint density at radius 2 is 1.76 bits per heavy atom. The van der Waals surface area contributed by atoms with Crippen LogP contribution in [-0.4, -0.2) is 42.0 Å². The molecule has 0 bridgehead atoms. The van der Waals surface area contributed by atoms with Crippen molar-refractivity contribution in [1.82, 2.24) is 15.2 Å². The maximum absolute atomic E-state index is 12.7. The third kappa shape index (κ3) is 3.93. The fraction of sp³-hybridized carbons (Fsp3) is 0.300. The lowest BCUT2D eigenvalue weighted by molar-refractivity contribution is 0.0950. The van der Waals surface area contributed by atoms with Gasteiger partial charge < -0.3 is 10.2 Å². The molecule has 0 aliphatic carbocycles. The molecule has 4 nitrogen and oxygen atoms in total. The molecule has 1 aromatic heterocycles. The summed E-state index contributed by atoms with van der Waals surface area (Å²) in [5, 5.41) is 5.12. The molecule has 1 heterocycles. The Labute approximate surface area is 161 Å². The number of carbonyl (C=O) groups excluding carboxylic acids is 1. The number of para-hydroxylation sites is 2. The van der Waals surface area contributed by atoms with Crippen LogP contribution in [0.25, 0.3) is 21.8 Å². The van der Waals surface area contributed by atoms with Crippen LogP contribution < -0.4 is 5.32 Å². The molecule has 25 heavy (non-hydrogen) atoms. The number of hydrogen-bond acceptors (Lipinski definition) is 3. The van der Waals surface area contributed by atoms with Gasteiger partial charge >= 0.3 is 0 Å². The van der Waals surface area contributed by atoms with Crippen molar-refractivity contribution < 1.29 is 4.79 Å². The molecule has 130 valence electrons. The third-order valence-corrected chi connectivity index (χ3v) is 5.34. The van der Waals surface area contributed by atoms with E-state index in [1.807, 2.05) is 30.3 Å². The van der Waals surface area contributed by atoms with Crippen molar-refractivity contribution in [3.8, 4) is 0 Å². The fourth-order valence-electron chi connectivity index (χ4n) is 2.99. The van der Waals surface area contributed by atoms with Crippen molar-refractivity contribution in [3.05, 3.63) is 51.6 Å². The van der Waals surface area contributed by atoms with E-state index in [9.17, 15) is 4.79 Å². The van der Waals surface area contributed by atoms with Gasteiger partial charge in [-0.1, -0.05) is 38.1 Å². The summed E-state index contributed by atoms with van der Waals surface area (Å²) < 4.78 is 1.09. The molecule has 1 amide bonds. The van der Waals surface area contributed by atoms with Gasteiger partial charge in [-0.2, -0.15) is 0 Å². The average Bonchev–Trinajstić information content (AvgIpc) is 2.63. The first kappa shape index (κ1) is 18.1. The van der Waals surface area contributed by atoms with E-state index in [4.69, 9.17) is 4.98 Å². The second-order valence-electron chi connectivity index (χ2n) is 5.96. The molecule has 0 spiro atoms. The second-order valence-corrected chi connectivity index (χ2v) is 7.12. The second kappa shape index (κ2) is 8.10. The first-order chi connectivity index (χ1) is 12.1. The molecule has 2 aromatic carbocycles. The van der Waals surface area contributed by atoms with E-state index < -0.39 is 0 Å². The van der Waals surface area contributed by atoms with Crippen molar-refractivity contribution in [1.29, 1.82) is 0 Å². The Morgan fingerprint density at radius 1 is 1.08 bits per heavy atom. The molecule has 5 heteroatoms. The Hall–Kier alpha value is -1.73. The van der Waals surface area contributed by atoms with Crippen LogP contribution in [0.5, 0.6) is 0 Å². The lowest BCUT2D eigenvalue weighted by Gasteiger charge is -2.18. The van der Waals surface area contributed by atoms with E-state index in [2.05, 4.69) is 58.8 Å². The highest BCUT2D eigenvalue weighted by molar-refractivity contribution is 14.1. The first-order valence-electron chi connectivity index (χ1n) is 8.62. The number of nitrogens with zero attached hydrogens (tertiary/aromatic N) is 2. The van der Waals surface area contributed by atoms with E-state index in [0.717, 1.165) is 45.0 Å². The molecule has 0 fully saturated rings. The van der Waals surface area contributed by atoms with Gasteiger partial charge in [0.15, 0.2) is 0 Å². The Morgan fingerprint density at radius 3 is 2.48 bits per heavy atom. The maximum atomic E-state index is 12.7. The minimum absolute atomic E-state index is 0.0597. The summed E-state index contributed by atoms with van der Waals surface area (Å²) in [6.07, 6.45) is 0. The summed E-state index contributed by atoms with van der Waals surface area (Å²) in [6, 6.07) is 14.0. The van der Waals surface area contributed by atoms with E-state index in [1.54, 1.807) is 0 Å². The number of nitrogens with one attached hydrogen (secondary N) is 1. The normalized spacial score (nSPS) is 11.4. The largest absolute Gasteiger partial charge is 0.351 e. The molecule has 0 atom stereocenters. The third-order valence-electron chi connectivity index (χ3n) is 4.47. The van der Waals surface area contributed by atoms with Crippen molar-refractivity contribution in [2.45, 2.75) is 13.8 Å². The number of benzene rings is 2. The van der Waals surface area contributed by atoms with Crippen LogP contribution in [0, 0.1) is 3.57 Å². The first-order valence-corrected chi connectivity index (χ1v) is 9.70. The van der Waals surface area contributed by atoms with Crippen molar-refractivity contribution in [2.75, 3.05) is 26.2 Å². The number of carbonyl (C=O) groups is 1. The predicted octanol–water partition coefficient (Wildman–Crippen LogP) is 4.06. The fourth-order valence-corrected chi connectivity index (χ4v) is 3.63. The number of likely N-dealkylation sites (N-methyl/N-ethyl adjacent to an activating group) is 1. The monoisotopic (exact) mass is 447 g/mol. The van der Waals surface area contributed by atoms with Crippen LogP contribution in [-0.2, 0) is 0 Å². The summed E-state index contributed by atoms with van der Waals surface area (Å²) in [6.45, 7) is 7.75. The zero-order valence-corrected chi connectivity index (χ0v) is 16.7. The Bertz CT molecular complexity index is 906. The zero-order chi connectivity index (χ0) is 17.8. The highest BCUT2D eigenvalue weighted by Gasteiger charge is 2.13. The van der Waals surface area contributed by atoms with Crippen molar-refractivity contribution >= 4 is 50.3 Å². The summed E-state index contributed by atoms with van der Waals surface area (Å²) in [5.41, 5.74) is 2.34. The van der Waals surface area contributed by atoms with E-state index >= 15 is 0 Å². The van der Waals surface area contributed by atoms with Crippen LogP contribution in [0.1, 0.15) is 24.2 Å². The van der Waals surface area contributed by atoms with Gasteiger partial charge in [0.1, 0.15) is 0 Å². The molecule has 0 radical (unpaired) electrons. The maximum Gasteiger partial charge on any atom is 0.253 e. The minimum Gasteiger partial charge on any atom is -0.351 e. The van der Waals surface area contributed by atoms with Gasteiger partial charge in [-0.05, 0) is 53.9 Å². The topological polar surface area (TPSA) is 45.2 Å². The smallest absolute Gasteiger partial charge is 0.253 e. The van der Waals surface area contributed by atoms with Gasteiger partial charge in [0, 0.05) is 27.4 Å². The number of pyridine rings is 1. The molecule has 3 rings (SSSR count). The Kier molecular flexibility index (Phi) is 5.86. The van der Waals surface area contributed by atoms with Gasteiger partial charge in [-0.15, -0.1) is 0 Å². The summed E-state index contributed by atoms with van der Waals surface area (Å²) in [4.78, 5) is 19.8. The molecule has 0 unspecified atom stereocenters. The number of aromatic nitrogens is 1. The van der Waals surface area contributed by atoms with E-state index in [-0.39, 0.29) is 5.91 Å². The number of fused-ring (bicyclic) bond motifs is 2. The Balaban J connectivity index is 1.90. The van der Waals surface area contributed by atoms with Gasteiger partial charge in [0.2, 0.25) is 0 Å². The molecule has 0 aliphatic heterocycles. The molecule has 0 saturated heterocycles. The quantitative estimate of drug-likeness (QED) is 0.458. The molecule has 0 saturated carbocycles. The van der Waals surface area contributed by atoms with Crippen LogP contribution in [0.3, 0.4) is 0 Å². The highest BCUT2D eigenvalue weighted by atomic mass is 127. The van der Waals surface area contributed by atoms with Crippen LogP contribution in [0.2, 0.25) is 0 Å². The summed E-state index contributed by atoms with van der Waals surface area (Å²) in [7, 11) is 0. The van der Waals surface area contributed by atoms with E-state index in [0.29, 0.717) is 12.1 Å². The summed E-state index contributed by atoms with van der Waals surface area (Å²) >= 11 is 2.29. The lowest BCUT2D eigenvalue weighted by Crippen LogP contribution is -2.34. The SMILES string of the molecule is CCN(CC)CCNC(=O)c1cccc2cc3cccc(I)c3nc12. The standard InChI is InChI=1S/C20H22IN3O/c1-3-24(4-2)12-11-22-20(25)16-9-5-7-14-13-15-8-6-10-17(21)19(15)23-18(14)16/h5-10,13H,3-4,11-12H2,1-2H3,(H,22,25). The van der Waals surface area contributed by atoms with Crippen LogP contribution in [0.4, 0.5) is 0 Å². The van der Waals surface area contributed by atoms with Gasteiger partial charge in [0.05, 0.1) is 16.6 Å². The number of amides is 1. The number of halogens is 1. The lowest BCUT2D eigenvalue weighted by atomic mass is 10.1. The number of hydrogen-bond donors (Lipinski definition) is 1. The summed E-state index contributed by atoms with van der Waals surface area (Å²) in [5.74, 6) is -0.0597. The predicted molar refractivity (Wildman–Crippen MR) is 112 cm³/mol. The van der Waals surface area contributed by atoms with Crippen molar-refractivity contribution in [2.24, 2.45) is 0 Å². The van der Waals surface area contributed by atoms with Crippen molar-refractivity contribution in [3.63, 3.8) is 0 Å². The van der Waals surface area contributed by atoms with Gasteiger partial charge in [-0.25, -0.2) is 4.98 Å². The van der Waals surface area contributed by atoms with Crippen LogP contribution in [0.15, 0.2) is 42.5 Å². The molecule has 0 aliphatic rings. The molecular formula is C20H22IN3O. The van der Waals surface area contributed by atoms with E-state index in [1.165, 1.54) is 0 Å². The molecule has 3 aromatic rings.